The summed E-state index contributed by atoms with van der Waals surface area (Å²) in [4.78, 5) is 23.9. The Kier molecular flexibility index (Phi) is 6.22. The minimum Gasteiger partial charge on any atom is -0.496 e. The molecule has 0 spiro atoms. The van der Waals surface area contributed by atoms with E-state index in [4.69, 9.17) is 9.15 Å². The van der Waals surface area contributed by atoms with Gasteiger partial charge in [0.1, 0.15) is 11.5 Å². The first-order chi connectivity index (χ1) is 11.9. The Morgan fingerprint density at radius 3 is 2.60 bits per heavy atom. The molecule has 0 aliphatic heterocycles. The van der Waals surface area contributed by atoms with Crippen molar-refractivity contribution < 1.29 is 23.8 Å². The van der Waals surface area contributed by atoms with Crippen LogP contribution >= 0.6 is 0 Å². The van der Waals surface area contributed by atoms with Gasteiger partial charge in [0.15, 0.2) is 0 Å². The van der Waals surface area contributed by atoms with Gasteiger partial charge in [0.25, 0.3) is 5.91 Å². The zero-order valence-corrected chi connectivity index (χ0v) is 14.6. The van der Waals surface area contributed by atoms with Crippen molar-refractivity contribution in [2.75, 3.05) is 13.7 Å². The van der Waals surface area contributed by atoms with E-state index < -0.39 is 11.9 Å². The number of furan rings is 1. The van der Waals surface area contributed by atoms with Gasteiger partial charge in [-0.25, -0.2) is 0 Å². The molecular weight excluding hydrogens is 322 g/mol. The largest absolute Gasteiger partial charge is 0.496 e. The van der Waals surface area contributed by atoms with Crippen LogP contribution in [0.4, 0.5) is 0 Å². The lowest BCUT2D eigenvalue weighted by Gasteiger charge is -2.15. The van der Waals surface area contributed by atoms with Crippen molar-refractivity contribution in [1.82, 2.24) is 5.32 Å². The third kappa shape index (κ3) is 4.62. The molecule has 0 radical (unpaired) electrons. The van der Waals surface area contributed by atoms with Crippen molar-refractivity contribution in [3.05, 3.63) is 53.5 Å². The molecule has 1 atom stereocenters. The van der Waals surface area contributed by atoms with E-state index in [9.17, 15) is 14.7 Å². The highest BCUT2D eigenvalue weighted by Gasteiger charge is 2.23. The van der Waals surface area contributed by atoms with Crippen LogP contribution in [-0.2, 0) is 11.2 Å². The predicted molar refractivity (Wildman–Crippen MR) is 93.0 cm³/mol. The van der Waals surface area contributed by atoms with Gasteiger partial charge in [-0.15, -0.1) is 0 Å². The zero-order valence-electron chi connectivity index (χ0n) is 14.6. The van der Waals surface area contributed by atoms with Crippen LogP contribution < -0.4 is 10.1 Å². The second-order valence-electron chi connectivity index (χ2n) is 6.11. The zero-order chi connectivity index (χ0) is 18.4. The molecule has 0 bridgehead atoms. The van der Waals surface area contributed by atoms with Gasteiger partial charge in [0.2, 0.25) is 0 Å². The van der Waals surface area contributed by atoms with Crippen molar-refractivity contribution >= 4 is 11.9 Å². The number of para-hydroxylation sites is 1. The first-order valence-corrected chi connectivity index (χ1v) is 8.14. The number of nitrogens with one attached hydrogen (secondary N) is 1. The lowest BCUT2D eigenvalue weighted by atomic mass is 9.98. The Balaban J connectivity index is 2.06. The van der Waals surface area contributed by atoms with Gasteiger partial charge in [-0.2, -0.15) is 0 Å². The van der Waals surface area contributed by atoms with Gasteiger partial charge < -0.3 is 19.6 Å². The summed E-state index contributed by atoms with van der Waals surface area (Å²) < 4.78 is 10.6. The van der Waals surface area contributed by atoms with Gasteiger partial charge in [0, 0.05) is 12.5 Å². The number of carboxylic acid groups (broad SMARTS) is 1. The fraction of sp³-hybridized carbons (Fsp3) is 0.368. The molecule has 2 aromatic rings. The third-order valence-corrected chi connectivity index (χ3v) is 3.98. The highest BCUT2D eigenvalue weighted by molar-refractivity contribution is 5.95. The number of hydrogen-bond donors (Lipinski definition) is 2. The summed E-state index contributed by atoms with van der Waals surface area (Å²) in [5, 5.41) is 12.2. The van der Waals surface area contributed by atoms with Gasteiger partial charge in [0.05, 0.1) is 24.9 Å². The van der Waals surface area contributed by atoms with Crippen LogP contribution in [0.3, 0.4) is 0 Å². The van der Waals surface area contributed by atoms with Crippen LogP contribution in [0.2, 0.25) is 0 Å². The number of rotatable bonds is 8. The quantitative estimate of drug-likeness (QED) is 0.767. The van der Waals surface area contributed by atoms with Gasteiger partial charge in [-0.3, -0.25) is 9.59 Å². The molecule has 2 N–H and O–H groups in total. The van der Waals surface area contributed by atoms with Crippen LogP contribution in [0.15, 0.2) is 41.0 Å². The number of aliphatic carboxylic acids is 1. The summed E-state index contributed by atoms with van der Waals surface area (Å²) >= 11 is 0. The molecule has 134 valence electrons. The molecule has 2 rings (SSSR count). The van der Waals surface area contributed by atoms with Crippen molar-refractivity contribution in [3.8, 4) is 5.75 Å². The highest BCUT2D eigenvalue weighted by Crippen LogP contribution is 2.22. The first-order valence-electron chi connectivity index (χ1n) is 8.14. The summed E-state index contributed by atoms with van der Waals surface area (Å²) in [7, 11) is 1.54. The molecule has 0 saturated heterocycles. The lowest BCUT2D eigenvalue weighted by molar-refractivity contribution is -0.141. The van der Waals surface area contributed by atoms with Crippen LogP contribution in [0, 0.1) is 5.92 Å². The summed E-state index contributed by atoms with van der Waals surface area (Å²) in [6.07, 6.45) is 1.73. The number of carboxylic acids is 1. The molecular formula is C19H23NO5. The molecule has 25 heavy (non-hydrogen) atoms. The van der Waals surface area contributed by atoms with Crippen molar-refractivity contribution in [3.63, 3.8) is 0 Å². The van der Waals surface area contributed by atoms with E-state index in [1.807, 2.05) is 32.0 Å². The van der Waals surface area contributed by atoms with E-state index in [-0.39, 0.29) is 24.8 Å². The molecule has 1 unspecified atom stereocenters. The molecule has 1 heterocycles. The Hall–Kier alpha value is -2.76. The van der Waals surface area contributed by atoms with Gasteiger partial charge >= 0.3 is 5.97 Å². The third-order valence-electron chi connectivity index (χ3n) is 3.98. The fourth-order valence-corrected chi connectivity index (χ4v) is 2.65. The van der Waals surface area contributed by atoms with Crippen LogP contribution in [-0.4, -0.2) is 30.6 Å². The molecule has 0 fully saturated rings. The predicted octanol–water partition coefficient (Wildman–Crippen LogP) is 3.08. The van der Waals surface area contributed by atoms with E-state index in [0.29, 0.717) is 17.1 Å². The number of methoxy groups -OCH3 is 1. The maximum Gasteiger partial charge on any atom is 0.308 e. The molecule has 0 aliphatic carbocycles. The van der Waals surface area contributed by atoms with E-state index in [0.717, 1.165) is 5.56 Å². The maximum absolute atomic E-state index is 12.3. The number of ether oxygens (including phenoxy) is 1. The Labute approximate surface area is 146 Å². The second kappa shape index (κ2) is 8.37. The Bertz CT molecular complexity index is 735. The normalized spacial score (nSPS) is 12.0. The van der Waals surface area contributed by atoms with Crippen LogP contribution in [0.5, 0.6) is 5.75 Å². The van der Waals surface area contributed by atoms with Gasteiger partial charge in [-0.1, -0.05) is 32.0 Å². The highest BCUT2D eigenvalue weighted by atomic mass is 16.5. The van der Waals surface area contributed by atoms with Gasteiger partial charge in [-0.05, 0) is 24.1 Å². The first kappa shape index (κ1) is 18.6. The van der Waals surface area contributed by atoms with E-state index in [1.54, 1.807) is 19.2 Å². The smallest absolute Gasteiger partial charge is 0.308 e. The van der Waals surface area contributed by atoms with E-state index in [1.165, 1.54) is 6.26 Å². The fourth-order valence-electron chi connectivity index (χ4n) is 2.65. The molecule has 1 amide bonds. The van der Waals surface area contributed by atoms with E-state index >= 15 is 0 Å². The standard InChI is InChI=1S/C19H23NO5/c1-12(2)17-15(8-9-25-17)18(21)20-11-14(19(22)23)10-13-6-4-5-7-16(13)24-3/h4-9,12,14H,10-11H2,1-3H3,(H,20,21)(H,22,23). The molecule has 1 aromatic heterocycles. The summed E-state index contributed by atoms with van der Waals surface area (Å²) in [6, 6.07) is 8.86. The average Bonchev–Trinajstić information content (AvgIpc) is 3.08. The van der Waals surface area contributed by atoms with Crippen molar-refractivity contribution in [1.29, 1.82) is 0 Å². The minimum atomic E-state index is -0.970. The second-order valence-corrected chi connectivity index (χ2v) is 6.11. The number of hydrogen-bond acceptors (Lipinski definition) is 4. The number of carbonyl (C=O) groups is 2. The topological polar surface area (TPSA) is 88.8 Å². The van der Waals surface area contributed by atoms with E-state index in [2.05, 4.69) is 5.32 Å². The van der Waals surface area contributed by atoms with Crippen molar-refractivity contribution in [2.24, 2.45) is 5.92 Å². The molecule has 0 saturated carbocycles. The SMILES string of the molecule is COc1ccccc1CC(CNC(=O)c1ccoc1C(C)C)C(=O)O. The van der Waals surface area contributed by atoms with Crippen molar-refractivity contribution in [2.45, 2.75) is 26.2 Å². The number of benzene rings is 1. The molecule has 6 heteroatoms. The average molecular weight is 345 g/mol. The molecule has 0 aliphatic rings. The van der Waals surface area contributed by atoms with Crippen LogP contribution in [0.25, 0.3) is 0 Å². The Morgan fingerprint density at radius 2 is 1.96 bits per heavy atom. The molecule has 6 nitrogen and oxygen atoms in total. The number of amides is 1. The summed E-state index contributed by atoms with van der Waals surface area (Å²) in [6.45, 7) is 3.88. The monoisotopic (exact) mass is 345 g/mol. The minimum absolute atomic E-state index is 0.0227. The number of carbonyl (C=O) groups excluding carboxylic acids is 1. The summed E-state index contributed by atoms with van der Waals surface area (Å²) in [5.41, 5.74) is 1.23. The summed E-state index contributed by atoms with van der Waals surface area (Å²) in [5.74, 6) is -0.758. The molecule has 1 aromatic carbocycles. The Morgan fingerprint density at radius 1 is 1.24 bits per heavy atom. The lowest BCUT2D eigenvalue weighted by Crippen LogP contribution is -2.34. The van der Waals surface area contributed by atoms with Crippen LogP contribution in [0.1, 0.15) is 41.4 Å². The maximum atomic E-state index is 12.3.